The Labute approximate surface area is 91.7 Å². The van der Waals surface area contributed by atoms with Gasteiger partial charge in [-0.3, -0.25) is 0 Å². The zero-order chi connectivity index (χ0) is 10.7. The fraction of sp³-hybridized carbons (Fsp3) is 0.538. The van der Waals surface area contributed by atoms with Gasteiger partial charge in [-0.15, -0.1) is 0 Å². The third-order valence-corrected chi connectivity index (χ3v) is 3.82. The number of nitrogens with two attached hydrogens (primary N) is 2. The first-order valence-corrected chi connectivity index (χ1v) is 5.79. The number of hydrogen-bond acceptors (Lipinski definition) is 2. The highest BCUT2D eigenvalue weighted by atomic mass is 14.8. The Morgan fingerprint density at radius 1 is 1.13 bits per heavy atom. The van der Waals surface area contributed by atoms with Crippen molar-refractivity contribution in [2.45, 2.75) is 31.7 Å². The Kier molecular flexibility index (Phi) is 3.08. The third kappa shape index (κ3) is 1.92. The molecule has 2 heteroatoms. The molecule has 15 heavy (non-hydrogen) atoms. The molecule has 1 aromatic carbocycles. The van der Waals surface area contributed by atoms with Crippen LogP contribution in [-0.4, -0.2) is 6.54 Å². The highest BCUT2D eigenvalue weighted by Gasteiger charge is 2.38. The summed E-state index contributed by atoms with van der Waals surface area (Å²) in [6, 6.07) is 10.5. The quantitative estimate of drug-likeness (QED) is 0.793. The van der Waals surface area contributed by atoms with Gasteiger partial charge in [-0.25, -0.2) is 0 Å². The fourth-order valence-corrected chi connectivity index (χ4v) is 2.74. The molecule has 1 unspecified atom stereocenters. The summed E-state index contributed by atoms with van der Waals surface area (Å²) >= 11 is 0. The van der Waals surface area contributed by atoms with Gasteiger partial charge in [0.25, 0.3) is 0 Å². The summed E-state index contributed by atoms with van der Waals surface area (Å²) in [6.45, 7) is 0.711. The third-order valence-electron chi connectivity index (χ3n) is 3.82. The van der Waals surface area contributed by atoms with E-state index in [-0.39, 0.29) is 11.5 Å². The molecule has 1 fully saturated rings. The molecule has 1 atom stereocenters. The van der Waals surface area contributed by atoms with Crippen LogP contribution < -0.4 is 11.5 Å². The molecule has 0 radical (unpaired) electrons. The largest absolute Gasteiger partial charge is 0.330 e. The monoisotopic (exact) mass is 204 g/mol. The highest BCUT2D eigenvalue weighted by Crippen LogP contribution is 2.45. The van der Waals surface area contributed by atoms with Gasteiger partial charge >= 0.3 is 0 Å². The maximum Gasteiger partial charge on any atom is 0.0364 e. The first-order chi connectivity index (χ1) is 7.28. The lowest BCUT2D eigenvalue weighted by molar-refractivity contribution is 0.243. The van der Waals surface area contributed by atoms with E-state index in [0.717, 1.165) is 0 Å². The molecule has 0 bridgehead atoms. The zero-order valence-corrected chi connectivity index (χ0v) is 9.15. The second kappa shape index (κ2) is 4.33. The number of benzene rings is 1. The molecular weight excluding hydrogens is 184 g/mol. The zero-order valence-electron chi connectivity index (χ0n) is 9.15. The second-order valence-corrected chi connectivity index (χ2v) is 4.66. The second-order valence-electron chi connectivity index (χ2n) is 4.66. The standard InChI is InChI=1S/C13H20N2/c14-10-13(8-4-5-9-13)12(15)11-6-2-1-3-7-11/h1-3,6-7,12H,4-5,8-10,14-15H2. The molecule has 1 saturated carbocycles. The highest BCUT2D eigenvalue weighted by molar-refractivity contribution is 5.21. The van der Waals surface area contributed by atoms with E-state index in [1.54, 1.807) is 0 Å². The molecule has 2 rings (SSSR count). The van der Waals surface area contributed by atoms with Gasteiger partial charge in [-0.2, -0.15) is 0 Å². The van der Waals surface area contributed by atoms with Crippen molar-refractivity contribution < 1.29 is 0 Å². The predicted octanol–water partition coefficient (Wildman–Crippen LogP) is 2.21. The van der Waals surface area contributed by atoms with E-state index in [0.29, 0.717) is 6.54 Å². The van der Waals surface area contributed by atoms with Crippen LogP contribution in [0.15, 0.2) is 30.3 Å². The van der Waals surface area contributed by atoms with Gasteiger partial charge < -0.3 is 11.5 Å². The topological polar surface area (TPSA) is 52.0 Å². The predicted molar refractivity (Wildman–Crippen MR) is 63.3 cm³/mol. The Balaban J connectivity index is 2.22. The van der Waals surface area contributed by atoms with Crippen molar-refractivity contribution in [2.75, 3.05) is 6.54 Å². The van der Waals surface area contributed by atoms with Crippen LogP contribution in [0, 0.1) is 5.41 Å². The van der Waals surface area contributed by atoms with Crippen molar-refractivity contribution in [3.8, 4) is 0 Å². The van der Waals surface area contributed by atoms with Crippen molar-refractivity contribution >= 4 is 0 Å². The van der Waals surface area contributed by atoms with Crippen LogP contribution in [0.2, 0.25) is 0 Å². The first-order valence-electron chi connectivity index (χ1n) is 5.79. The lowest BCUT2D eigenvalue weighted by Gasteiger charge is -2.34. The summed E-state index contributed by atoms with van der Waals surface area (Å²) in [5.41, 5.74) is 13.7. The molecule has 0 aromatic heterocycles. The maximum absolute atomic E-state index is 6.37. The lowest BCUT2D eigenvalue weighted by atomic mass is 9.76. The molecule has 0 heterocycles. The van der Waals surface area contributed by atoms with Crippen molar-refractivity contribution in [1.82, 2.24) is 0 Å². The van der Waals surface area contributed by atoms with E-state index in [4.69, 9.17) is 11.5 Å². The van der Waals surface area contributed by atoms with E-state index in [1.807, 2.05) is 18.2 Å². The van der Waals surface area contributed by atoms with Gasteiger partial charge in [0.1, 0.15) is 0 Å². The van der Waals surface area contributed by atoms with Gasteiger partial charge in [0, 0.05) is 11.5 Å². The van der Waals surface area contributed by atoms with Gasteiger partial charge in [0.2, 0.25) is 0 Å². The van der Waals surface area contributed by atoms with Gasteiger partial charge in [0.05, 0.1) is 0 Å². The van der Waals surface area contributed by atoms with Gasteiger partial charge in [-0.05, 0) is 24.9 Å². The van der Waals surface area contributed by atoms with Crippen molar-refractivity contribution in [2.24, 2.45) is 16.9 Å². The summed E-state index contributed by atoms with van der Waals surface area (Å²) in [4.78, 5) is 0. The maximum atomic E-state index is 6.37. The van der Waals surface area contributed by atoms with E-state index >= 15 is 0 Å². The minimum absolute atomic E-state index is 0.103. The van der Waals surface area contributed by atoms with Crippen molar-refractivity contribution in [3.05, 3.63) is 35.9 Å². The molecule has 0 amide bonds. The summed E-state index contributed by atoms with van der Waals surface area (Å²) < 4.78 is 0. The van der Waals surface area contributed by atoms with Crippen LogP contribution in [-0.2, 0) is 0 Å². The molecular formula is C13H20N2. The number of hydrogen-bond donors (Lipinski definition) is 2. The SMILES string of the molecule is NCC1(C(N)c2ccccc2)CCCC1. The Bertz CT molecular complexity index is 302. The van der Waals surface area contributed by atoms with E-state index in [1.165, 1.54) is 31.2 Å². The summed E-state index contributed by atoms with van der Waals surface area (Å²) in [6.07, 6.45) is 4.91. The minimum atomic E-state index is 0.103. The van der Waals surface area contributed by atoms with Crippen LogP contribution in [0.25, 0.3) is 0 Å². The van der Waals surface area contributed by atoms with Gasteiger partial charge in [0.15, 0.2) is 0 Å². The summed E-state index contributed by atoms with van der Waals surface area (Å²) in [5, 5.41) is 0. The molecule has 1 aliphatic rings. The van der Waals surface area contributed by atoms with Crippen LogP contribution in [0.4, 0.5) is 0 Å². The summed E-state index contributed by atoms with van der Waals surface area (Å²) in [7, 11) is 0. The lowest BCUT2D eigenvalue weighted by Crippen LogP contribution is -2.38. The Morgan fingerprint density at radius 3 is 2.27 bits per heavy atom. The van der Waals surface area contributed by atoms with E-state index < -0.39 is 0 Å². The molecule has 2 nitrogen and oxygen atoms in total. The molecule has 0 saturated heterocycles. The normalized spacial score (nSPS) is 21.5. The van der Waals surface area contributed by atoms with E-state index in [2.05, 4.69) is 12.1 Å². The molecule has 1 aliphatic carbocycles. The van der Waals surface area contributed by atoms with E-state index in [9.17, 15) is 0 Å². The van der Waals surface area contributed by atoms with Crippen LogP contribution >= 0.6 is 0 Å². The molecule has 0 spiro atoms. The molecule has 82 valence electrons. The first kappa shape index (κ1) is 10.7. The molecule has 4 N–H and O–H groups in total. The van der Waals surface area contributed by atoms with Gasteiger partial charge in [-0.1, -0.05) is 43.2 Å². The molecule has 0 aliphatic heterocycles. The van der Waals surface area contributed by atoms with Crippen LogP contribution in [0.1, 0.15) is 37.3 Å². The summed E-state index contributed by atoms with van der Waals surface area (Å²) in [5.74, 6) is 0. The van der Waals surface area contributed by atoms with Crippen LogP contribution in [0.3, 0.4) is 0 Å². The average molecular weight is 204 g/mol. The fourth-order valence-electron chi connectivity index (χ4n) is 2.74. The van der Waals surface area contributed by atoms with Crippen LogP contribution in [0.5, 0.6) is 0 Å². The average Bonchev–Trinajstić information content (AvgIpc) is 2.79. The smallest absolute Gasteiger partial charge is 0.0364 e. The number of rotatable bonds is 3. The van der Waals surface area contributed by atoms with Crippen molar-refractivity contribution in [1.29, 1.82) is 0 Å². The molecule has 1 aromatic rings. The van der Waals surface area contributed by atoms with Crippen molar-refractivity contribution in [3.63, 3.8) is 0 Å². The Hall–Kier alpha value is -0.860. The minimum Gasteiger partial charge on any atom is -0.330 e. The Morgan fingerprint density at radius 2 is 1.73 bits per heavy atom.